The summed E-state index contributed by atoms with van der Waals surface area (Å²) in [4.78, 5) is 0. The first-order chi connectivity index (χ1) is 7.19. The Morgan fingerprint density at radius 1 is 1.53 bits per heavy atom. The van der Waals surface area contributed by atoms with Crippen molar-refractivity contribution in [1.29, 1.82) is 5.26 Å². The first kappa shape index (κ1) is 12.3. The quantitative estimate of drug-likeness (QED) is 0.737. The van der Waals surface area contributed by atoms with Gasteiger partial charge in [0.05, 0.1) is 11.1 Å². The summed E-state index contributed by atoms with van der Waals surface area (Å²) in [6.45, 7) is 2.03. The van der Waals surface area contributed by atoms with Crippen LogP contribution in [0, 0.1) is 11.3 Å². The van der Waals surface area contributed by atoms with Gasteiger partial charge in [-0.2, -0.15) is 5.26 Å². The highest BCUT2D eigenvalue weighted by Crippen LogP contribution is 2.27. The van der Waals surface area contributed by atoms with Crippen molar-refractivity contribution in [3.05, 3.63) is 39.9 Å². The van der Waals surface area contributed by atoms with Gasteiger partial charge in [0, 0.05) is 10.0 Å². The van der Waals surface area contributed by atoms with E-state index in [1.807, 2.05) is 31.2 Å². The standard InChI is InChI=1S/C12H11BrClN/c1-2-4-10(8-15)12(14)9-5-3-6-11(13)7-9/h3,5-7H,2,4H2,1H3. The monoisotopic (exact) mass is 283 g/mol. The number of allylic oxidation sites excluding steroid dienone is 1. The fourth-order valence-corrected chi connectivity index (χ4v) is 1.92. The highest BCUT2D eigenvalue weighted by molar-refractivity contribution is 9.10. The third-order valence-electron chi connectivity index (χ3n) is 1.98. The van der Waals surface area contributed by atoms with Gasteiger partial charge in [-0.1, -0.05) is 53.0 Å². The summed E-state index contributed by atoms with van der Waals surface area (Å²) in [5, 5.41) is 9.51. The second kappa shape index (κ2) is 5.95. The molecule has 0 amide bonds. The molecule has 0 aromatic heterocycles. The molecule has 0 aliphatic carbocycles. The van der Waals surface area contributed by atoms with Crippen LogP contribution in [0.4, 0.5) is 0 Å². The Labute approximate surface area is 103 Å². The van der Waals surface area contributed by atoms with Crippen LogP contribution in [0.15, 0.2) is 34.3 Å². The largest absolute Gasteiger partial charge is 0.193 e. The highest BCUT2D eigenvalue weighted by Gasteiger charge is 2.06. The SMILES string of the molecule is CCCC(C#N)=C(Cl)c1cccc(Br)c1. The number of benzene rings is 1. The molecule has 0 N–H and O–H groups in total. The summed E-state index contributed by atoms with van der Waals surface area (Å²) in [6.07, 6.45) is 1.65. The molecule has 0 aliphatic rings. The van der Waals surface area contributed by atoms with Crippen LogP contribution < -0.4 is 0 Å². The Morgan fingerprint density at radius 2 is 2.27 bits per heavy atom. The molecule has 78 valence electrons. The molecule has 0 heterocycles. The van der Waals surface area contributed by atoms with Gasteiger partial charge in [0.15, 0.2) is 0 Å². The molecule has 0 atom stereocenters. The zero-order chi connectivity index (χ0) is 11.3. The molecule has 1 aromatic carbocycles. The Hall–Kier alpha value is -0.780. The molecular formula is C12H11BrClN. The number of rotatable bonds is 3. The van der Waals surface area contributed by atoms with Crippen LogP contribution in [0.3, 0.4) is 0 Å². The Morgan fingerprint density at radius 3 is 2.80 bits per heavy atom. The molecule has 0 saturated carbocycles. The maximum atomic E-state index is 8.95. The second-order valence-corrected chi connectivity index (χ2v) is 4.46. The van der Waals surface area contributed by atoms with Crippen LogP contribution in [-0.4, -0.2) is 0 Å². The molecule has 1 nitrogen and oxygen atoms in total. The molecule has 15 heavy (non-hydrogen) atoms. The minimum atomic E-state index is 0.556. The van der Waals surface area contributed by atoms with Gasteiger partial charge in [-0.15, -0.1) is 0 Å². The molecular weight excluding hydrogens is 273 g/mol. The van der Waals surface area contributed by atoms with Gasteiger partial charge < -0.3 is 0 Å². The van der Waals surface area contributed by atoms with Crippen molar-refractivity contribution in [2.24, 2.45) is 0 Å². The summed E-state index contributed by atoms with van der Waals surface area (Å²) in [7, 11) is 0. The van der Waals surface area contributed by atoms with Gasteiger partial charge >= 0.3 is 0 Å². The van der Waals surface area contributed by atoms with Crippen molar-refractivity contribution in [3.63, 3.8) is 0 Å². The number of nitriles is 1. The molecule has 0 radical (unpaired) electrons. The van der Waals surface area contributed by atoms with E-state index < -0.39 is 0 Å². The molecule has 0 fully saturated rings. The van der Waals surface area contributed by atoms with E-state index in [0.29, 0.717) is 10.6 Å². The van der Waals surface area contributed by atoms with Crippen molar-refractivity contribution in [2.75, 3.05) is 0 Å². The molecule has 0 bridgehead atoms. The molecule has 1 aromatic rings. The average Bonchev–Trinajstić information content (AvgIpc) is 2.25. The van der Waals surface area contributed by atoms with E-state index in [1.54, 1.807) is 0 Å². The maximum absolute atomic E-state index is 8.95. The third-order valence-corrected chi connectivity index (χ3v) is 2.92. The van der Waals surface area contributed by atoms with E-state index in [-0.39, 0.29) is 0 Å². The van der Waals surface area contributed by atoms with E-state index in [4.69, 9.17) is 16.9 Å². The number of hydrogen-bond acceptors (Lipinski definition) is 1. The molecule has 0 unspecified atom stereocenters. The van der Waals surface area contributed by atoms with Crippen molar-refractivity contribution >= 4 is 32.6 Å². The van der Waals surface area contributed by atoms with Gasteiger partial charge in [-0.25, -0.2) is 0 Å². The van der Waals surface area contributed by atoms with Crippen molar-refractivity contribution in [3.8, 4) is 6.07 Å². The lowest BCUT2D eigenvalue weighted by molar-refractivity contribution is 0.933. The van der Waals surface area contributed by atoms with Crippen LogP contribution in [0.5, 0.6) is 0 Å². The lowest BCUT2D eigenvalue weighted by Crippen LogP contribution is -1.85. The first-order valence-corrected chi connectivity index (χ1v) is 5.90. The highest BCUT2D eigenvalue weighted by atomic mass is 79.9. The zero-order valence-electron chi connectivity index (χ0n) is 8.43. The molecule has 0 spiro atoms. The molecule has 0 aliphatic heterocycles. The molecule has 1 rings (SSSR count). The van der Waals surface area contributed by atoms with Gasteiger partial charge in [-0.3, -0.25) is 0 Å². The van der Waals surface area contributed by atoms with Crippen LogP contribution in [0.2, 0.25) is 0 Å². The smallest absolute Gasteiger partial charge is 0.0962 e. The van der Waals surface area contributed by atoms with Crippen LogP contribution in [0.1, 0.15) is 25.3 Å². The van der Waals surface area contributed by atoms with Gasteiger partial charge in [-0.05, 0) is 24.1 Å². The number of halogens is 2. The Bertz CT molecular complexity index is 418. The third kappa shape index (κ3) is 3.37. The summed E-state index contributed by atoms with van der Waals surface area (Å²) in [5.74, 6) is 0. The maximum Gasteiger partial charge on any atom is 0.0962 e. The lowest BCUT2D eigenvalue weighted by atomic mass is 10.1. The van der Waals surface area contributed by atoms with E-state index in [0.717, 1.165) is 22.9 Å². The van der Waals surface area contributed by atoms with Crippen LogP contribution in [-0.2, 0) is 0 Å². The van der Waals surface area contributed by atoms with Crippen LogP contribution >= 0.6 is 27.5 Å². The van der Waals surface area contributed by atoms with Crippen molar-refractivity contribution < 1.29 is 0 Å². The fourth-order valence-electron chi connectivity index (χ4n) is 1.26. The topological polar surface area (TPSA) is 23.8 Å². The molecule has 3 heteroatoms. The van der Waals surface area contributed by atoms with E-state index in [2.05, 4.69) is 22.0 Å². The van der Waals surface area contributed by atoms with E-state index in [1.165, 1.54) is 0 Å². The zero-order valence-corrected chi connectivity index (χ0v) is 10.8. The summed E-state index contributed by atoms with van der Waals surface area (Å²) >= 11 is 9.54. The van der Waals surface area contributed by atoms with Gasteiger partial charge in [0.1, 0.15) is 0 Å². The predicted octanol–water partition coefficient (Wildman–Crippen LogP) is 4.72. The predicted molar refractivity (Wildman–Crippen MR) is 67.4 cm³/mol. The number of hydrogen-bond donors (Lipinski definition) is 0. The first-order valence-electron chi connectivity index (χ1n) is 4.73. The van der Waals surface area contributed by atoms with E-state index >= 15 is 0 Å². The number of nitrogens with zero attached hydrogens (tertiary/aromatic N) is 1. The second-order valence-electron chi connectivity index (χ2n) is 3.16. The summed E-state index contributed by atoms with van der Waals surface area (Å²) in [6, 6.07) is 9.80. The fraction of sp³-hybridized carbons (Fsp3) is 0.250. The van der Waals surface area contributed by atoms with Crippen molar-refractivity contribution in [2.45, 2.75) is 19.8 Å². The Balaban J connectivity index is 3.11. The normalized spacial score (nSPS) is 11.9. The van der Waals surface area contributed by atoms with E-state index in [9.17, 15) is 0 Å². The van der Waals surface area contributed by atoms with Gasteiger partial charge in [0.25, 0.3) is 0 Å². The minimum Gasteiger partial charge on any atom is -0.193 e. The summed E-state index contributed by atoms with van der Waals surface area (Å²) < 4.78 is 0.965. The Kier molecular flexibility index (Phi) is 4.87. The van der Waals surface area contributed by atoms with Crippen molar-refractivity contribution in [1.82, 2.24) is 0 Å². The summed E-state index contributed by atoms with van der Waals surface area (Å²) in [5.41, 5.74) is 1.54. The van der Waals surface area contributed by atoms with Gasteiger partial charge in [0.2, 0.25) is 0 Å². The lowest BCUT2D eigenvalue weighted by Gasteiger charge is -2.03. The minimum absolute atomic E-state index is 0.556. The van der Waals surface area contributed by atoms with Crippen LogP contribution in [0.25, 0.3) is 5.03 Å². The average molecular weight is 285 g/mol. The molecule has 0 saturated heterocycles.